The third kappa shape index (κ3) is 4.53. The number of nitrogens with zero attached hydrogens (tertiary/aromatic N) is 4. The van der Waals surface area contributed by atoms with Gasteiger partial charge < -0.3 is 10.1 Å². The van der Waals surface area contributed by atoms with Gasteiger partial charge in [0.25, 0.3) is 5.91 Å². The van der Waals surface area contributed by atoms with Gasteiger partial charge in [-0.25, -0.2) is 0 Å². The lowest BCUT2D eigenvalue weighted by Gasteiger charge is -2.24. The smallest absolute Gasteiger partial charge is 0.251 e. The van der Waals surface area contributed by atoms with E-state index in [9.17, 15) is 4.79 Å². The summed E-state index contributed by atoms with van der Waals surface area (Å²) in [6.07, 6.45) is 8.45. The second-order valence-electron chi connectivity index (χ2n) is 8.34. The lowest BCUT2D eigenvalue weighted by molar-refractivity contribution is 0.0932. The van der Waals surface area contributed by atoms with Gasteiger partial charge in [0.1, 0.15) is 5.75 Å². The van der Waals surface area contributed by atoms with E-state index < -0.39 is 0 Å². The van der Waals surface area contributed by atoms with E-state index in [0.29, 0.717) is 12.1 Å². The van der Waals surface area contributed by atoms with E-state index in [-0.39, 0.29) is 11.9 Å². The van der Waals surface area contributed by atoms with Crippen molar-refractivity contribution in [1.82, 2.24) is 24.9 Å². The highest BCUT2D eigenvalue weighted by Gasteiger charge is 2.26. The fraction of sp³-hybridized carbons (Fsp3) is 0.269. The van der Waals surface area contributed by atoms with Gasteiger partial charge in [-0.1, -0.05) is 30.3 Å². The Morgan fingerprint density at radius 2 is 2.00 bits per heavy atom. The molecule has 2 aromatic heterocycles. The molecule has 0 bridgehead atoms. The molecule has 33 heavy (non-hydrogen) atoms. The predicted molar refractivity (Wildman–Crippen MR) is 125 cm³/mol. The van der Waals surface area contributed by atoms with E-state index in [0.717, 1.165) is 42.7 Å². The number of nitrogens with one attached hydrogen (secondary N) is 1. The molecule has 0 spiro atoms. The molecule has 0 aliphatic heterocycles. The van der Waals surface area contributed by atoms with Crippen molar-refractivity contribution in [2.45, 2.75) is 38.4 Å². The Hall–Kier alpha value is -3.87. The van der Waals surface area contributed by atoms with Crippen LogP contribution in [0.2, 0.25) is 0 Å². The maximum atomic E-state index is 13.2. The SMILES string of the molecule is COc1ccc(C(=O)N[C@@H]2CCCc3c2cnn3Cc2ccccc2)cc1Cn1cccn1. The Kier molecular flexibility index (Phi) is 5.93. The van der Waals surface area contributed by atoms with Crippen LogP contribution in [0.3, 0.4) is 0 Å². The summed E-state index contributed by atoms with van der Waals surface area (Å²) >= 11 is 0. The van der Waals surface area contributed by atoms with Gasteiger partial charge in [0.05, 0.1) is 32.4 Å². The average Bonchev–Trinajstić information content (AvgIpc) is 3.50. The van der Waals surface area contributed by atoms with Crippen LogP contribution in [-0.2, 0) is 19.5 Å². The van der Waals surface area contributed by atoms with E-state index in [1.54, 1.807) is 13.3 Å². The molecule has 1 amide bonds. The van der Waals surface area contributed by atoms with Gasteiger partial charge in [0.15, 0.2) is 0 Å². The predicted octanol–water partition coefficient (Wildman–Crippen LogP) is 3.99. The van der Waals surface area contributed by atoms with Crippen molar-refractivity contribution in [2.75, 3.05) is 7.11 Å². The summed E-state index contributed by atoms with van der Waals surface area (Å²) in [6, 6.07) is 17.7. The number of ether oxygens (including phenoxy) is 1. The molecule has 2 aromatic carbocycles. The molecular weight excluding hydrogens is 414 g/mol. The van der Waals surface area contributed by atoms with Gasteiger partial charge in [0, 0.05) is 34.8 Å². The maximum absolute atomic E-state index is 13.2. The number of hydrogen-bond acceptors (Lipinski definition) is 4. The zero-order chi connectivity index (χ0) is 22.6. The second kappa shape index (κ2) is 9.32. The third-order valence-electron chi connectivity index (χ3n) is 6.18. The van der Waals surface area contributed by atoms with Crippen LogP contribution in [0, 0.1) is 0 Å². The van der Waals surface area contributed by atoms with Crippen LogP contribution < -0.4 is 10.1 Å². The number of hydrogen-bond donors (Lipinski definition) is 1. The molecule has 5 rings (SSSR count). The van der Waals surface area contributed by atoms with Crippen LogP contribution in [0.1, 0.15) is 51.6 Å². The van der Waals surface area contributed by atoms with Crippen molar-refractivity contribution < 1.29 is 9.53 Å². The molecule has 168 valence electrons. The van der Waals surface area contributed by atoms with Gasteiger partial charge in [-0.2, -0.15) is 10.2 Å². The topological polar surface area (TPSA) is 74.0 Å². The lowest BCUT2D eigenvalue weighted by atomic mass is 9.92. The van der Waals surface area contributed by atoms with Crippen molar-refractivity contribution in [3.63, 3.8) is 0 Å². The summed E-state index contributed by atoms with van der Waals surface area (Å²) in [4.78, 5) is 13.2. The summed E-state index contributed by atoms with van der Waals surface area (Å²) in [5.74, 6) is 0.650. The molecular formula is C26H27N5O2. The highest BCUT2D eigenvalue weighted by Crippen LogP contribution is 2.30. The number of benzene rings is 2. The first-order valence-corrected chi connectivity index (χ1v) is 11.2. The first kappa shape index (κ1) is 21.0. The van der Waals surface area contributed by atoms with E-state index in [2.05, 4.69) is 32.3 Å². The minimum absolute atomic E-state index is 0.0394. The number of aromatic nitrogens is 4. The lowest BCUT2D eigenvalue weighted by Crippen LogP contribution is -2.31. The second-order valence-corrected chi connectivity index (χ2v) is 8.34. The third-order valence-corrected chi connectivity index (χ3v) is 6.18. The first-order valence-electron chi connectivity index (χ1n) is 11.2. The molecule has 1 aliphatic rings. The molecule has 2 heterocycles. The summed E-state index contributed by atoms with van der Waals surface area (Å²) in [7, 11) is 1.64. The molecule has 1 N–H and O–H groups in total. The monoisotopic (exact) mass is 441 g/mol. The molecule has 7 heteroatoms. The summed E-state index contributed by atoms with van der Waals surface area (Å²) in [5, 5.41) is 12.1. The Bertz CT molecular complexity index is 1230. The van der Waals surface area contributed by atoms with E-state index >= 15 is 0 Å². The van der Waals surface area contributed by atoms with Crippen LogP contribution in [0.5, 0.6) is 5.75 Å². The first-order chi connectivity index (χ1) is 16.2. The minimum atomic E-state index is -0.0898. The maximum Gasteiger partial charge on any atom is 0.251 e. The fourth-order valence-corrected chi connectivity index (χ4v) is 4.51. The molecule has 4 aromatic rings. The van der Waals surface area contributed by atoms with Gasteiger partial charge in [-0.15, -0.1) is 0 Å². The van der Waals surface area contributed by atoms with Crippen LogP contribution >= 0.6 is 0 Å². The summed E-state index contributed by atoms with van der Waals surface area (Å²) in [5.41, 5.74) is 5.08. The largest absolute Gasteiger partial charge is 0.496 e. The Morgan fingerprint density at radius 1 is 1.12 bits per heavy atom. The normalized spacial score (nSPS) is 15.1. The summed E-state index contributed by atoms with van der Waals surface area (Å²) in [6.45, 7) is 1.28. The van der Waals surface area contributed by atoms with Crippen molar-refractivity contribution in [3.8, 4) is 5.75 Å². The highest BCUT2D eigenvalue weighted by atomic mass is 16.5. The molecule has 0 fully saturated rings. The van der Waals surface area contributed by atoms with Gasteiger partial charge >= 0.3 is 0 Å². The van der Waals surface area contributed by atoms with E-state index in [4.69, 9.17) is 4.74 Å². The molecule has 0 radical (unpaired) electrons. The van der Waals surface area contributed by atoms with Crippen LogP contribution in [-0.4, -0.2) is 32.6 Å². The number of amides is 1. The van der Waals surface area contributed by atoms with Crippen LogP contribution in [0.4, 0.5) is 0 Å². The number of carbonyl (C=O) groups is 1. The van der Waals surface area contributed by atoms with Crippen molar-refractivity contribution in [2.24, 2.45) is 0 Å². The quantitative estimate of drug-likeness (QED) is 0.471. The van der Waals surface area contributed by atoms with E-state index in [1.807, 2.05) is 59.5 Å². The van der Waals surface area contributed by atoms with Gasteiger partial charge in [-0.05, 0) is 49.1 Å². The minimum Gasteiger partial charge on any atom is -0.496 e. The zero-order valence-corrected chi connectivity index (χ0v) is 18.6. The molecule has 7 nitrogen and oxygen atoms in total. The Morgan fingerprint density at radius 3 is 2.79 bits per heavy atom. The fourth-order valence-electron chi connectivity index (χ4n) is 4.51. The number of fused-ring (bicyclic) bond motifs is 1. The number of carbonyl (C=O) groups excluding carboxylic acids is 1. The Balaban J connectivity index is 1.34. The zero-order valence-electron chi connectivity index (χ0n) is 18.6. The van der Waals surface area contributed by atoms with Crippen molar-refractivity contribution in [3.05, 3.63) is 101 Å². The molecule has 0 unspecified atom stereocenters. The highest BCUT2D eigenvalue weighted by molar-refractivity contribution is 5.94. The van der Waals surface area contributed by atoms with Crippen molar-refractivity contribution in [1.29, 1.82) is 0 Å². The average molecular weight is 442 g/mol. The summed E-state index contributed by atoms with van der Waals surface area (Å²) < 4.78 is 9.37. The standard InChI is InChI=1S/C26H27N5O2/c1-33-25-12-11-20(15-21(25)18-30-14-6-13-27-30)26(32)29-23-9-5-10-24-22(23)16-28-31(24)17-19-7-3-2-4-8-19/h2-4,6-8,11-16,23H,5,9-10,17-18H2,1H3,(H,29,32)/t23-/m1/s1. The number of rotatable bonds is 7. The van der Waals surface area contributed by atoms with Crippen molar-refractivity contribution >= 4 is 5.91 Å². The number of methoxy groups -OCH3 is 1. The van der Waals surface area contributed by atoms with Crippen LogP contribution in [0.15, 0.2) is 73.2 Å². The van der Waals surface area contributed by atoms with Gasteiger partial charge in [0.2, 0.25) is 0 Å². The molecule has 0 saturated carbocycles. The molecule has 1 atom stereocenters. The molecule has 1 aliphatic carbocycles. The van der Waals surface area contributed by atoms with Gasteiger partial charge in [-0.3, -0.25) is 14.2 Å². The van der Waals surface area contributed by atoms with Crippen LogP contribution in [0.25, 0.3) is 0 Å². The van der Waals surface area contributed by atoms with E-state index in [1.165, 1.54) is 11.3 Å². The molecule has 0 saturated heterocycles. The Labute approximate surface area is 193 Å².